The third kappa shape index (κ3) is 3.30. The zero-order valence-electron chi connectivity index (χ0n) is 12.3. The first-order valence-electron chi connectivity index (χ1n) is 7.44. The van der Waals surface area contributed by atoms with Gasteiger partial charge < -0.3 is 10.2 Å². The number of halogens is 1. The summed E-state index contributed by atoms with van der Waals surface area (Å²) < 4.78 is 0. The number of pyridine rings is 1. The lowest BCUT2D eigenvalue weighted by Crippen LogP contribution is -2.20. The summed E-state index contributed by atoms with van der Waals surface area (Å²) in [6, 6.07) is 12.4. The van der Waals surface area contributed by atoms with E-state index < -0.39 is 0 Å². The van der Waals surface area contributed by atoms with E-state index in [1.165, 1.54) is 37.2 Å². The molecule has 3 nitrogen and oxygen atoms in total. The van der Waals surface area contributed by atoms with Crippen molar-refractivity contribution in [2.75, 3.05) is 23.3 Å². The van der Waals surface area contributed by atoms with Crippen molar-refractivity contribution < 1.29 is 0 Å². The minimum Gasteiger partial charge on any atom is -0.379 e. The lowest BCUT2D eigenvalue weighted by atomic mass is 10.1. The van der Waals surface area contributed by atoms with Gasteiger partial charge in [0.25, 0.3) is 0 Å². The fraction of sp³-hybridized carbons (Fsp3) is 0.353. The van der Waals surface area contributed by atoms with Gasteiger partial charge in [-0.1, -0.05) is 29.8 Å². The number of para-hydroxylation sites is 1. The largest absolute Gasteiger partial charge is 0.379 e. The molecule has 0 bridgehead atoms. The highest BCUT2D eigenvalue weighted by molar-refractivity contribution is 6.29. The Morgan fingerprint density at radius 3 is 2.67 bits per heavy atom. The van der Waals surface area contributed by atoms with Gasteiger partial charge in [0.15, 0.2) is 0 Å². The molecular formula is C17H20ClN3. The first-order valence-corrected chi connectivity index (χ1v) is 7.82. The predicted octanol–water partition coefficient (Wildman–Crippen LogP) is 4.26. The number of nitrogens with one attached hydrogen (secondary N) is 1. The molecule has 0 radical (unpaired) electrons. The van der Waals surface area contributed by atoms with Crippen molar-refractivity contribution in [3.05, 3.63) is 52.8 Å². The molecule has 2 heterocycles. The van der Waals surface area contributed by atoms with Gasteiger partial charge in [-0.3, -0.25) is 0 Å². The van der Waals surface area contributed by atoms with E-state index in [4.69, 9.17) is 11.6 Å². The van der Waals surface area contributed by atoms with Crippen LogP contribution in [0.5, 0.6) is 0 Å². The Hall–Kier alpha value is -1.74. The van der Waals surface area contributed by atoms with Crippen LogP contribution in [-0.2, 0) is 6.54 Å². The second kappa shape index (κ2) is 6.35. The molecule has 1 N–H and O–H groups in total. The molecule has 4 heteroatoms. The van der Waals surface area contributed by atoms with Gasteiger partial charge in [-0.25, -0.2) is 4.98 Å². The minimum absolute atomic E-state index is 0.538. The van der Waals surface area contributed by atoms with Crippen molar-refractivity contribution in [3.8, 4) is 0 Å². The summed E-state index contributed by atoms with van der Waals surface area (Å²) in [5.74, 6) is 0. The van der Waals surface area contributed by atoms with Crippen LogP contribution in [0.4, 0.5) is 11.4 Å². The molecule has 1 aromatic heterocycles. The summed E-state index contributed by atoms with van der Waals surface area (Å²) in [6.45, 7) is 5.11. The molecule has 0 amide bonds. The molecule has 0 unspecified atom stereocenters. The van der Waals surface area contributed by atoms with Crippen molar-refractivity contribution >= 4 is 23.0 Å². The quantitative estimate of drug-likeness (QED) is 0.856. The Kier molecular flexibility index (Phi) is 4.30. The Morgan fingerprint density at radius 2 is 1.90 bits per heavy atom. The van der Waals surface area contributed by atoms with Crippen LogP contribution < -0.4 is 10.2 Å². The monoisotopic (exact) mass is 301 g/mol. The van der Waals surface area contributed by atoms with E-state index in [0.29, 0.717) is 5.15 Å². The maximum Gasteiger partial charge on any atom is 0.129 e. The van der Waals surface area contributed by atoms with Gasteiger partial charge in [-0.05, 0) is 43.5 Å². The molecule has 3 rings (SSSR count). The van der Waals surface area contributed by atoms with E-state index in [9.17, 15) is 0 Å². The molecule has 0 atom stereocenters. The lowest BCUT2D eigenvalue weighted by molar-refractivity contribution is 0.949. The van der Waals surface area contributed by atoms with Crippen molar-refractivity contribution in [1.82, 2.24) is 4.98 Å². The summed E-state index contributed by atoms with van der Waals surface area (Å²) in [4.78, 5) is 6.75. The zero-order chi connectivity index (χ0) is 14.7. The number of benzene rings is 1. The first kappa shape index (κ1) is 14.2. The van der Waals surface area contributed by atoms with Gasteiger partial charge in [0.05, 0.1) is 11.4 Å². The Balaban J connectivity index is 1.75. The van der Waals surface area contributed by atoms with Crippen molar-refractivity contribution in [1.29, 1.82) is 0 Å². The summed E-state index contributed by atoms with van der Waals surface area (Å²) in [7, 11) is 0. The first-order chi connectivity index (χ1) is 10.2. The smallest absolute Gasteiger partial charge is 0.129 e. The summed E-state index contributed by atoms with van der Waals surface area (Å²) in [5.41, 5.74) is 4.65. The zero-order valence-corrected chi connectivity index (χ0v) is 13.0. The van der Waals surface area contributed by atoms with E-state index in [-0.39, 0.29) is 0 Å². The summed E-state index contributed by atoms with van der Waals surface area (Å²) in [6.07, 6.45) is 2.59. The van der Waals surface area contributed by atoms with E-state index in [1.54, 1.807) is 0 Å². The molecule has 1 fully saturated rings. The van der Waals surface area contributed by atoms with E-state index >= 15 is 0 Å². The number of aromatic nitrogens is 1. The fourth-order valence-electron chi connectivity index (χ4n) is 2.83. The Morgan fingerprint density at radius 1 is 1.14 bits per heavy atom. The number of hydrogen-bond acceptors (Lipinski definition) is 3. The second-order valence-corrected chi connectivity index (χ2v) is 5.83. The van der Waals surface area contributed by atoms with Gasteiger partial charge >= 0.3 is 0 Å². The summed E-state index contributed by atoms with van der Waals surface area (Å²) in [5, 5.41) is 4.01. The Bertz CT molecular complexity index is 621. The summed E-state index contributed by atoms with van der Waals surface area (Å²) >= 11 is 5.90. The molecule has 21 heavy (non-hydrogen) atoms. The van der Waals surface area contributed by atoms with Crippen LogP contribution in [0.1, 0.15) is 24.1 Å². The third-order valence-corrected chi connectivity index (χ3v) is 4.17. The number of hydrogen-bond donors (Lipinski definition) is 1. The normalized spacial score (nSPS) is 14.5. The molecule has 1 aliphatic rings. The van der Waals surface area contributed by atoms with E-state index in [1.807, 2.05) is 19.1 Å². The van der Waals surface area contributed by atoms with Gasteiger partial charge in [-0.15, -0.1) is 0 Å². The minimum atomic E-state index is 0.538. The lowest BCUT2D eigenvalue weighted by Gasteiger charge is -2.22. The highest BCUT2D eigenvalue weighted by atomic mass is 35.5. The van der Waals surface area contributed by atoms with Crippen LogP contribution >= 0.6 is 11.6 Å². The number of anilines is 2. The predicted molar refractivity (Wildman–Crippen MR) is 89.2 cm³/mol. The van der Waals surface area contributed by atoms with Crippen LogP contribution in [0.15, 0.2) is 36.4 Å². The molecule has 0 spiro atoms. The molecule has 0 saturated carbocycles. The average molecular weight is 302 g/mol. The van der Waals surface area contributed by atoms with Crippen LogP contribution in [0.25, 0.3) is 0 Å². The maximum atomic E-state index is 5.90. The number of nitrogens with zero attached hydrogens (tertiary/aromatic N) is 2. The molecular weight excluding hydrogens is 282 g/mol. The molecule has 1 saturated heterocycles. The molecule has 2 aromatic rings. The highest BCUT2D eigenvalue weighted by Crippen LogP contribution is 2.25. The second-order valence-electron chi connectivity index (χ2n) is 5.44. The van der Waals surface area contributed by atoms with Crippen molar-refractivity contribution in [2.45, 2.75) is 26.3 Å². The molecule has 1 aromatic carbocycles. The standard InChI is InChI=1S/C17H20ClN3/c1-13-15(8-9-17(18)20-13)19-12-14-6-2-3-7-16(14)21-10-4-5-11-21/h2-3,6-9,19H,4-5,10-12H2,1H3. The molecule has 110 valence electrons. The maximum absolute atomic E-state index is 5.90. The van der Waals surface area contributed by atoms with Crippen LogP contribution in [0, 0.1) is 6.92 Å². The van der Waals surface area contributed by atoms with Gasteiger partial charge in [0.2, 0.25) is 0 Å². The fourth-order valence-corrected chi connectivity index (χ4v) is 3.02. The van der Waals surface area contributed by atoms with Gasteiger partial charge in [0, 0.05) is 25.3 Å². The van der Waals surface area contributed by atoms with Crippen LogP contribution in [-0.4, -0.2) is 18.1 Å². The van der Waals surface area contributed by atoms with E-state index in [0.717, 1.165) is 17.9 Å². The molecule has 0 aliphatic carbocycles. The van der Waals surface area contributed by atoms with Gasteiger partial charge in [-0.2, -0.15) is 0 Å². The van der Waals surface area contributed by atoms with Crippen LogP contribution in [0.2, 0.25) is 5.15 Å². The third-order valence-electron chi connectivity index (χ3n) is 3.96. The number of rotatable bonds is 4. The van der Waals surface area contributed by atoms with Gasteiger partial charge in [0.1, 0.15) is 5.15 Å². The Labute approximate surface area is 131 Å². The van der Waals surface area contributed by atoms with Crippen molar-refractivity contribution in [3.63, 3.8) is 0 Å². The van der Waals surface area contributed by atoms with Crippen molar-refractivity contribution in [2.24, 2.45) is 0 Å². The van der Waals surface area contributed by atoms with E-state index in [2.05, 4.69) is 39.5 Å². The number of aryl methyl sites for hydroxylation is 1. The topological polar surface area (TPSA) is 28.2 Å². The SMILES string of the molecule is Cc1nc(Cl)ccc1NCc1ccccc1N1CCCC1. The highest BCUT2D eigenvalue weighted by Gasteiger charge is 2.15. The van der Waals surface area contributed by atoms with Crippen LogP contribution in [0.3, 0.4) is 0 Å². The molecule has 1 aliphatic heterocycles. The average Bonchev–Trinajstić information content (AvgIpc) is 3.01.